The summed E-state index contributed by atoms with van der Waals surface area (Å²) in [4.78, 5) is 24.2. The van der Waals surface area contributed by atoms with E-state index in [1.807, 2.05) is 19.9 Å². The lowest BCUT2D eigenvalue weighted by Crippen LogP contribution is -2.33. The zero-order chi connectivity index (χ0) is 25.7. The van der Waals surface area contributed by atoms with Crippen LogP contribution in [0.5, 0.6) is 5.75 Å². The smallest absolute Gasteiger partial charge is 0.312 e. The molecule has 1 aromatic heterocycles. The average Bonchev–Trinajstić information content (AvgIpc) is 3.04. The monoisotopic (exact) mass is 477 g/mol. The average molecular weight is 478 g/mol. The summed E-state index contributed by atoms with van der Waals surface area (Å²) in [7, 11) is 1.53. The van der Waals surface area contributed by atoms with Crippen LogP contribution in [0, 0.1) is 40.7 Å². The van der Waals surface area contributed by atoms with E-state index in [4.69, 9.17) is 15.2 Å². The van der Waals surface area contributed by atoms with Crippen molar-refractivity contribution in [2.24, 2.45) is 11.1 Å². The van der Waals surface area contributed by atoms with Gasteiger partial charge in [-0.3, -0.25) is 19.6 Å². The van der Waals surface area contributed by atoms with Crippen LogP contribution in [-0.2, 0) is 16.1 Å². The van der Waals surface area contributed by atoms with Crippen LogP contribution in [-0.4, -0.2) is 27.6 Å². The summed E-state index contributed by atoms with van der Waals surface area (Å²) in [6.45, 7) is 7.42. The van der Waals surface area contributed by atoms with Crippen LogP contribution in [0.4, 0.5) is 5.69 Å². The first-order valence-corrected chi connectivity index (χ1v) is 11.2. The van der Waals surface area contributed by atoms with Crippen molar-refractivity contribution in [3.05, 3.63) is 73.6 Å². The summed E-state index contributed by atoms with van der Waals surface area (Å²) in [6, 6.07) is 7.51. The topological polar surface area (TPSA) is 146 Å². The van der Waals surface area contributed by atoms with Gasteiger partial charge in [-0.05, 0) is 37.0 Å². The van der Waals surface area contributed by atoms with Gasteiger partial charge in [-0.1, -0.05) is 19.9 Å². The Morgan fingerprint density at radius 2 is 2.09 bits per heavy atom. The van der Waals surface area contributed by atoms with Gasteiger partial charge in [0.25, 0.3) is 0 Å². The van der Waals surface area contributed by atoms with Crippen LogP contribution in [0.1, 0.15) is 55.1 Å². The fourth-order valence-electron chi connectivity index (χ4n) is 4.99. The number of nitrogens with two attached hydrogens (primary N) is 1. The number of allylic oxidation sites excluding steroid dienone is 3. The molecule has 0 saturated carbocycles. The quantitative estimate of drug-likeness (QED) is 0.503. The van der Waals surface area contributed by atoms with Gasteiger partial charge in [0.05, 0.1) is 24.5 Å². The molecule has 0 unspecified atom stereocenters. The zero-order valence-corrected chi connectivity index (χ0v) is 20.3. The maximum Gasteiger partial charge on any atom is 0.312 e. The molecule has 0 radical (unpaired) electrons. The third kappa shape index (κ3) is 4.14. The molecular formula is C25H27N5O5. The molecule has 1 aromatic carbocycles. The van der Waals surface area contributed by atoms with Crippen LogP contribution in [0.2, 0.25) is 0 Å². The number of Topliss-reactive ketones (excluding diaryl/α,β-unsaturated/α-hetero) is 1. The Hall–Kier alpha value is -4.13. The number of nitro groups is 1. The Kier molecular flexibility index (Phi) is 5.88. The van der Waals surface area contributed by atoms with E-state index in [9.17, 15) is 20.2 Å². The third-order valence-corrected chi connectivity index (χ3v) is 6.56. The van der Waals surface area contributed by atoms with Gasteiger partial charge in [0.2, 0.25) is 5.88 Å². The second kappa shape index (κ2) is 8.58. The maximum atomic E-state index is 13.2. The van der Waals surface area contributed by atoms with E-state index < -0.39 is 10.8 Å². The van der Waals surface area contributed by atoms with E-state index in [0.717, 1.165) is 0 Å². The molecule has 2 aromatic rings. The normalized spacial score (nSPS) is 19.2. The number of hydrogen-bond donors (Lipinski definition) is 1. The number of hydrogen-bond acceptors (Lipinski definition) is 8. The SMILES string of the molecule is COc1ccc([C@@H]2C(C#N)=C(N)OC3=C2C(=O)CC(C)(C)C3)cc1Cn1nc(C)c([N+](=O)[O-])c1C. The van der Waals surface area contributed by atoms with Crippen LogP contribution >= 0.6 is 0 Å². The van der Waals surface area contributed by atoms with Crippen molar-refractivity contribution in [1.82, 2.24) is 9.78 Å². The summed E-state index contributed by atoms with van der Waals surface area (Å²) < 4.78 is 12.8. The molecule has 1 aliphatic carbocycles. The van der Waals surface area contributed by atoms with Crippen molar-refractivity contribution < 1.29 is 19.2 Å². The number of nitriles is 1. The number of ether oxygens (including phenoxy) is 2. The highest BCUT2D eigenvalue weighted by atomic mass is 16.6. The molecule has 1 aliphatic heterocycles. The molecule has 2 N–H and O–H groups in total. The number of aromatic nitrogens is 2. The van der Waals surface area contributed by atoms with E-state index in [1.54, 1.807) is 30.7 Å². The molecule has 0 spiro atoms. The number of aryl methyl sites for hydroxylation is 1. The first kappa shape index (κ1) is 24.0. The van der Waals surface area contributed by atoms with E-state index >= 15 is 0 Å². The number of carbonyl (C=O) groups excluding carboxylic acids is 1. The van der Waals surface area contributed by atoms with Gasteiger partial charge in [-0.15, -0.1) is 0 Å². The van der Waals surface area contributed by atoms with Gasteiger partial charge in [0.15, 0.2) is 5.78 Å². The zero-order valence-electron chi connectivity index (χ0n) is 20.3. The fourth-order valence-corrected chi connectivity index (χ4v) is 4.99. The van der Waals surface area contributed by atoms with Crippen molar-refractivity contribution in [2.75, 3.05) is 7.11 Å². The molecule has 2 heterocycles. The predicted molar refractivity (Wildman–Crippen MR) is 126 cm³/mol. The van der Waals surface area contributed by atoms with Gasteiger partial charge in [-0.25, -0.2) is 0 Å². The van der Waals surface area contributed by atoms with Crippen molar-refractivity contribution in [2.45, 2.75) is 53.0 Å². The second-order valence-corrected chi connectivity index (χ2v) is 9.71. The lowest BCUT2D eigenvalue weighted by Gasteiger charge is -2.37. The minimum absolute atomic E-state index is 0.00621. The minimum atomic E-state index is -0.674. The van der Waals surface area contributed by atoms with Gasteiger partial charge < -0.3 is 15.2 Å². The molecule has 0 amide bonds. The van der Waals surface area contributed by atoms with Gasteiger partial charge in [-0.2, -0.15) is 10.4 Å². The molecule has 10 nitrogen and oxygen atoms in total. The molecule has 0 fully saturated rings. The van der Waals surface area contributed by atoms with Crippen molar-refractivity contribution in [3.63, 3.8) is 0 Å². The molecule has 35 heavy (non-hydrogen) atoms. The maximum absolute atomic E-state index is 13.2. The Balaban J connectivity index is 1.84. The number of ketones is 1. The fraction of sp³-hybridized carbons (Fsp3) is 0.400. The molecule has 1 atom stereocenters. The molecule has 0 saturated heterocycles. The van der Waals surface area contributed by atoms with Crippen LogP contribution in [0.15, 0.2) is 41.0 Å². The Bertz CT molecular complexity index is 1360. The molecule has 0 bridgehead atoms. The number of carbonyl (C=O) groups is 1. The largest absolute Gasteiger partial charge is 0.496 e. The van der Waals surface area contributed by atoms with Crippen LogP contribution in [0.25, 0.3) is 0 Å². The predicted octanol–water partition coefficient (Wildman–Crippen LogP) is 3.92. The lowest BCUT2D eigenvalue weighted by molar-refractivity contribution is -0.386. The highest BCUT2D eigenvalue weighted by Gasteiger charge is 2.43. The number of nitrogens with zero attached hydrogens (tertiary/aromatic N) is 4. The van der Waals surface area contributed by atoms with E-state index in [1.165, 1.54) is 7.11 Å². The number of rotatable bonds is 5. The van der Waals surface area contributed by atoms with Crippen LogP contribution < -0.4 is 10.5 Å². The first-order chi connectivity index (χ1) is 16.5. The molecule has 4 rings (SSSR count). The van der Waals surface area contributed by atoms with Gasteiger partial charge in [0.1, 0.15) is 34.5 Å². The summed E-state index contributed by atoms with van der Waals surface area (Å²) in [6.07, 6.45) is 0.866. The summed E-state index contributed by atoms with van der Waals surface area (Å²) in [5, 5.41) is 25.7. The summed E-state index contributed by atoms with van der Waals surface area (Å²) >= 11 is 0. The second-order valence-electron chi connectivity index (χ2n) is 9.71. The van der Waals surface area contributed by atoms with Crippen molar-refractivity contribution in [3.8, 4) is 11.8 Å². The summed E-state index contributed by atoms with van der Waals surface area (Å²) in [5.74, 6) is 0.296. The van der Waals surface area contributed by atoms with Gasteiger partial charge in [0, 0.05) is 24.0 Å². The molecule has 182 valence electrons. The number of methoxy groups -OCH3 is 1. The Morgan fingerprint density at radius 1 is 1.37 bits per heavy atom. The van der Waals surface area contributed by atoms with Crippen molar-refractivity contribution in [1.29, 1.82) is 5.26 Å². The van der Waals surface area contributed by atoms with Gasteiger partial charge >= 0.3 is 5.69 Å². The van der Waals surface area contributed by atoms with E-state index in [-0.39, 0.29) is 34.9 Å². The molecular weight excluding hydrogens is 450 g/mol. The van der Waals surface area contributed by atoms with E-state index in [2.05, 4.69) is 11.2 Å². The Morgan fingerprint density at radius 3 is 2.69 bits per heavy atom. The lowest BCUT2D eigenvalue weighted by atomic mass is 9.70. The molecule has 2 aliphatic rings. The molecule has 10 heteroatoms. The minimum Gasteiger partial charge on any atom is -0.496 e. The standard InChI is InChI=1S/C25H27N5O5/c1-13-23(30(32)33)14(2)29(28-13)12-16-8-15(6-7-19(16)34-5)21-17(11-26)24(27)35-20-10-25(3,4)9-18(31)22(20)21/h6-8,21H,9-10,12,27H2,1-5H3/t21-/m1/s1. The number of benzene rings is 1. The Labute approximate surface area is 202 Å². The van der Waals surface area contributed by atoms with Crippen LogP contribution in [0.3, 0.4) is 0 Å². The summed E-state index contributed by atoms with van der Waals surface area (Å²) in [5.41, 5.74) is 8.56. The van der Waals surface area contributed by atoms with Crippen molar-refractivity contribution >= 4 is 11.5 Å². The van der Waals surface area contributed by atoms with E-state index in [0.29, 0.717) is 52.4 Å². The third-order valence-electron chi connectivity index (χ3n) is 6.56. The highest BCUT2D eigenvalue weighted by molar-refractivity contribution is 6.00. The highest BCUT2D eigenvalue weighted by Crippen LogP contribution is 2.48. The first-order valence-electron chi connectivity index (χ1n) is 11.2.